The van der Waals surface area contributed by atoms with Crippen LogP contribution in [0.3, 0.4) is 0 Å². The lowest BCUT2D eigenvalue weighted by atomic mass is 9.63. The Kier molecular flexibility index (Phi) is 5.58. The summed E-state index contributed by atoms with van der Waals surface area (Å²) < 4.78 is 44.3. The SMILES string of the molecule is COC(=O)[C@@H]1[C@@H](c2ccccc2)c2ccccc2[C@@H](O)[C@@H]1c1ccc(C(F)(F)F)cc1. The number of aliphatic hydroxyl groups is 1. The number of hydrogen-bond acceptors (Lipinski definition) is 3. The zero-order valence-electron chi connectivity index (χ0n) is 16.7. The van der Waals surface area contributed by atoms with Crippen molar-refractivity contribution in [1.29, 1.82) is 0 Å². The van der Waals surface area contributed by atoms with E-state index in [-0.39, 0.29) is 0 Å². The van der Waals surface area contributed by atoms with Crippen molar-refractivity contribution in [2.45, 2.75) is 24.1 Å². The molecule has 0 radical (unpaired) electrons. The molecule has 31 heavy (non-hydrogen) atoms. The Labute approximate surface area is 178 Å². The van der Waals surface area contributed by atoms with Gasteiger partial charge in [-0.15, -0.1) is 0 Å². The molecule has 0 bridgehead atoms. The second-order valence-electron chi connectivity index (χ2n) is 7.66. The highest BCUT2D eigenvalue weighted by atomic mass is 19.4. The van der Waals surface area contributed by atoms with E-state index in [2.05, 4.69) is 0 Å². The monoisotopic (exact) mass is 426 g/mol. The summed E-state index contributed by atoms with van der Waals surface area (Å²) in [5.74, 6) is -2.52. The molecule has 0 aliphatic heterocycles. The molecule has 0 saturated carbocycles. The molecule has 4 atom stereocenters. The van der Waals surface area contributed by atoms with E-state index in [0.29, 0.717) is 11.1 Å². The van der Waals surface area contributed by atoms with Gasteiger partial charge in [-0.2, -0.15) is 13.2 Å². The third kappa shape index (κ3) is 3.83. The number of carbonyl (C=O) groups excluding carboxylic acids is 1. The molecule has 3 nitrogen and oxygen atoms in total. The van der Waals surface area contributed by atoms with E-state index in [1.54, 1.807) is 12.1 Å². The van der Waals surface area contributed by atoms with Crippen LogP contribution in [0.5, 0.6) is 0 Å². The molecule has 1 N–H and O–H groups in total. The van der Waals surface area contributed by atoms with Crippen molar-refractivity contribution < 1.29 is 27.8 Å². The van der Waals surface area contributed by atoms with E-state index in [1.165, 1.54) is 19.2 Å². The summed E-state index contributed by atoms with van der Waals surface area (Å²) in [6.45, 7) is 0. The summed E-state index contributed by atoms with van der Waals surface area (Å²) in [6.07, 6.45) is -5.54. The normalized spacial score (nSPS) is 23.1. The number of benzene rings is 3. The molecule has 160 valence electrons. The molecule has 3 aromatic carbocycles. The summed E-state index contributed by atoms with van der Waals surface area (Å²) in [6, 6.07) is 21.3. The van der Waals surface area contributed by atoms with E-state index < -0.39 is 41.6 Å². The summed E-state index contributed by atoms with van der Waals surface area (Å²) in [5.41, 5.74) is 2.00. The Morgan fingerprint density at radius 2 is 1.42 bits per heavy atom. The summed E-state index contributed by atoms with van der Waals surface area (Å²) in [4.78, 5) is 13.0. The van der Waals surface area contributed by atoms with Crippen LogP contribution < -0.4 is 0 Å². The minimum absolute atomic E-state index is 0.416. The van der Waals surface area contributed by atoms with Crippen LogP contribution in [0, 0.1) is 5.92 Å². The molecular formula is C25H21F3O3. The predicted molar refractivity (Wildman–Crippen MR) is 109 cm³/mol. The van der Waals surface area contributed by atoms with E-state index in [9.17, 15) is 23.1 Å². The van der Waals surface area contributed by atoms with Gasteiger partial charge in [-0.25, -0.2) is 0 Å². The second kappa shape index (κ2) is 8.19. The van der Waals surface area contributed by atoms with Gasteiger partial charge in [-0.3, -0.25) is 4.79 Å². The van der Waals surface area contributed by atoms with Crippen molar-refractivity contribution in [1.82, 2.24) is 0 Å². The Balaban J connectivity index is 1.90. The van der Waals surface area contributed by atoms with Crippen LogP contribution >= 0.6 is 0 Å². The average molecular weight is 426 g/mol. The van der Waals surface area contributed by atoms with Crippen molar-refractivity contribution in [3.63, 3.8) is 0 Å². The number of fused-ring (bicyclic) bond motifs is 1. The van der Waals surface area contributed by atoms with Gasteiger partial charge >= 0.3 is 12.1 Å². The first kappa shape index (κ1) is 21.1. The zero-order chi connectivity index (χ0) is 22.2. The summed E-state index contributed by atoms with van der Waals surface area (Å²) in [7, 11) is 1.28. The average Bonchev–Trinajstić information content (AvgIpc) is 2.78. The number of hydrogen-bond donors (Lipinski definition) is 1. The highest BCUT2D eigenvalue weighted by molar-refractivity contribution is 5.77. The first-order valence-electron chi connectivity index (χ1n) is 9.89. The summed E-state index contributed by atoms with van der Waals surface area (Å²) in [5, 5.41) is 11.3. The molecule has 0 heterocycles. The Morgan fingerprint density at radius 1 is 0.839 bits per heavy atom. The first-order valence-corrected chi connectivity index (χ1v) is 9.89. The number of aliphatic hydroxyl groups excluding tert-OH is 1. The lowest BCUT2D eigenvalue weighted by Gasteiger charge is -2.41. The van der Waals surface area contributed by atoms with E-state index in [4.69, 9.17) is 4.74 Å². The Bertz CT molecular complexity index is 1060. The molecule has 1 aliphatic rings. The maximum atomic E-state index is 13.1. The van der Waals surface area contributed by atoms with Crippen molar-refractivity contribution in [2.24, 2.45) is 5.92 Å². The van der Waals surface area contributed by atoms with Gasteiger partial charge in [-0.05, 0) is 34.4 Å². The van der Waals surface area contributed by atoms with Crippen LogP contribution in [0.2, 0.25) is 0 Å². The zero-order valence-corrected chi connectivity index (χ0v) is 16.7. The van der Waals surface area contributed by atoms with Gasteiger partial charge in [0.15, 0.2) is 0 Å². The topological polar surface area (TPSA) is 46.5 Å². The predicted octanol–water partition coefficient (Wildman–Crippen LogP) is 5.46. The van der Waals surface area contributed by atoms with Crippen molar-refractivity contribution in [3.8, 4) is 0 Å². The highest BCUT2D eigenvalue weighted by Crippen LogP contribution is 2.53. The molecule has 3 aromatic rings. The van der Waals surface area contributed by atoms with Crippen LogP contribution in [0.25, 0.3) is 0 Å². The van der Waals surface area contributed by atoms with Crippen LogP contribution in [-0.4, -0.2) is 18.2 Å². The Morgan fingerprint density at radius 3 is 2.00 bits per heavy atom. The summed E-state index contributed by atoms with van der Waals surface area (Å²) >= 11 is 0. The van der Waals surface area contributed by atoms with E-state index in [0.717, 1.165) is 23.3 Å². The number of ether oxygens (including phenoxy) is 1. The number of halogens is 3. The number of methoxy groups -OCH3 is 1. The van der Waals surface area contributed by atoms with Crippen molar-refractivity contribution in [2.75, 3.05) is 7.11 Å². The highest BCUT2D eigenvalue weighted by Gasteiger charge is 2.47. The third-order valence-corrected chi connectivity index (χ3v) is 5.99. The fraction of sp³-hybridized carbons (Fsp3) is 0.240. The maximum absolute atomic E-state index is 13.1. The largest absolute Gasteiger partial charge is 0.469 e. The molecule has 4 rings (SSSR count). The van der Waals surface area contributed by atoms with E-state index in [1.807, 2.05) is 42.5 Å². The van der Waals surface area contributed by atoms with Crippen molar-refractivity contribution in [3.05, 3.63) is 107 Å². The number of rotatable bonds is 3. The number of esters is 1. The molecule has 0 spiro atoms. The van der Waals surface area contributed by atoms with Gasteiger partial charge in [0, 0.05) is 11.8 Å². The lowest BCUT2D eigenvalue weighted by Crippen LogP contribution is -2.38. The fourth-order valence-corrected chi connectivity index (χ4v) is 4.60. The van der Waals surface area contributed by atoms with Gasteiger partial charge in [0.05, 0.1) is 24.7 Å². The lowest BCUT2D eigenvalue weighted by molar-refractivity contribution is -0.148. The third-order valence-electron chi connectivity index (χ3n) is 5.99. The van der Waals surface area contributed by atoms with Crippen LogP contribution in [0.4, 0.5) is 13.2 Å². The first-order chi connectivity index (χ1) is 14.8. The van der Waals surface area contributed by atoms with E-state index >= 15 is 0 Å². The quantitative estimate of drug-likeness (QED) is 0.566. The molecule has 0 fully saturated rings. The Hall–Kier alpha value is -3.12. The standard InChI is InChI=1S/C25H21F3O3/c1-31-24(30)22-20(15-7-3-2-4-8-15)18-9-5-6-10-19(18)23(29)21(22)16-11-13-17(14-12-16)25(26,27)28/h2-14,20-23,29H,1H3/t20-,21+,22+,23+/m0/s1. The molecule has 0 unspecified atom stereocenters. The molecule has 0 amide bonds. The second-order valence-corrected chi connectivity index (χ2v) is 7.66. The molecule has 0 aromatic heterocycles. The van der Waals surface area contributed by atoms with Gasteiger partial charge in [-0.1, -0.05) is 66.7 Å². The van der Waals surface area contributed by atoms with Crippen molar-refractivity contribution >= 4 is 5.97 Å². The molecule has 6 heteroatoms. The van der Waals surface area contributed by atoms with Crippen LogP contribution in [0.1, 0.15) is 45.8 Å². The van der Waals surface area contributed by atoms with Gasteiger partial charge in [0.25, 0.3) is 0 Å². The minimum Gasteiger partial charge on any atom is -0.469 e. The van der Waals surface area contributed by atoms with Crippen LogP contribution in [-0.2, 0) is 15.7 Å². The molecule has 0 saturated heterocycles. The van der Waals surface area contributed by atoms with Gasteiger partial charge in [0.1, 0.15) is 0 Å². The fourth-order valence-electron chi connectivity index (χ4n) is 4.60. The van der Waals surface area contributed by atoms with Gasteiger partial charge < -0.3 is 9.84 Å². The molecule has 1 aliphatic carbocycles. The molecular weight excluding hydrogens is 405 g/mol. The number of alkyl halides is 3. The smallest absolute Gasteiger partial charge is 0.416 e. The van der Waals surface area contributed by atoms with Crippen LogP contribution in [0.15, 0.2) is 78.9 Å². The number of carbonyl (C=O) groups is 1. The maximum Gasteiger partial charge on any atom is 0.416 e. The van der Waals surface area contributed by atoms with Gasteiger partial charge in [0.2, 0.25) is 0 Å². The minimum atomic E-state index is -4.47.